The van der Waals surface area contributed by atoms with Crippen LogP contribution in [0.5, 0.6) is 0 Å². The van der Waals surface area contributed by atoms with Gasteiger partial charge in [0.25, 0.3) is 0 Å². The number of hydrogen-bond acceptors (Lipinski definition) is 3. The van der Waals surface area contributed by atoms with Gasteiger partial charge in [0.1, 0.15) is 12.1 Å². The lowest BCUT2D eigenvalue weighted by molar-refractivity contribution is 0.764. The molecule has 0 fully saturated rings. The van der Waals surface area contributed by atoms with E-state index in [0.29, 0.717) is 6.04 Å². The molecule has 0 N–H and O–H groups in total. The first-order chi connectivity index (χ1) is 6.57. The molecule has 0 saturated heterocycles. The molecule has 1 aromatic heterocycles. The standard InChI is InChI=1S/C11H17N3/c1-6-14(8(2)3)11-9(4)10(5)12-7-13-11/h6-8H,1H2,2-5H3. The maximum absolute atomic E-state index is 4.28. The molecule has 0 radical (unpaired) electrons. The Kier molecular flexibility index (Phi) is 3.23. The highest BCUT2D eigenvalue weighted by atomic mass is 15.2. The van der Waals surface area contributed by atoms with E-state index < -0.39 is 0 Å². The summed E-state index contributed by atoms with van der Waals surface area (Å²) in [6.45, 7) is 12.0. The molecule has 76 valence electrons. The van der Waals surface area contributed by atoms with E-state index in [1.54, 1.807) is 12.5 Å². The predicted octanol–water partition coefficient (Wildman–Crippen LogP) is 2.45. The van der Waals surface area contributed by atoms with E-state index in [4.69, 9.17) is 0 Å². The van der Waals surface area contributed by atoms with Gasteiger partial charge < -0.3 is 4.90 Å². The molecule has 1 rings (SSSR count). The van der Waals surface area contributed by atoms with E-state index in [1.807, 2.05) is 18.7 Å². The van der Waals surface area contributed by atoms with Crippen LogP contribution in [0.25, 0.3) is 0 Å². The van der Waals surface area contributed by atoms with E-state index in [2.05, 4.69) is 30.4 Å². The van der Waals surface area contributed by atoms with Gasteiger partial charge >= 0.3 is 0 Å². The van der Waals surface area contributed by atoms with Crippen LogP contribution in [0, 0.1) is 13.8 Å². The molecule has 3 heteroatoms. The number of nitrogens with zero attached hydrogens (tertiary/aromatic N) is 3. The summed E-state index contributed by atoms with van der Waals surface area (Å²) < 4.78 is 0. The second-order valence-electron chi connectivity index (χ2n) is 3.59. The van der Waals surface area contributed by atoms with Gasteiger partial charge in [-0.05, 0) is 33.9 Å². The number of hydrogen-bond donors (Lipinski definition) is 0. The summed E-state index contributed by atoms with van der Waals surface area (Å²) >= 11 is 0. The molecule has 1 aromatic rings. The summed E-state index contributed by atoms with van der Waals surface area (Å²) in [5.74, 6) is 0.947. The number of aryl methyl sites for hydroxylation is 1. The second kappa shape index (κ2) is 4.22. The first-order valence-corrected chi connectivity index (χ1v) is 4.77. The third kappa shape index (κ3) is 1.92. The van der Waals surface area contributed by atoms with Crippen molar-refractivity contribution < 1.29 is 0 Å². The van der Waals surface area contributed by atoms with Crippen molar-refractivity contribution in [3.8, 4) is 0 Å². The molecule has 0 bridgehead atoms. The Morgan fingerprint density at radius 3 is 2.50 bits per heavy atom. The van der Waals surface area contributed by atoms with E-state index in [0.717, 1.165) is 17.1 Å². The van der Waals surface area contributed by atoms with Crippen molar-refractivity contribution >= 4 is 5.82 Å². The highest BCUT2D eigenvalue weighted by Crippen LogP contribution is 2.20. The summed E-state index contributed by atoms with van der Waals surface area (Å²) in [5, 5.41) is 0. The van der Waals surface area contributed by atoms with Crippen LogP contribution in [0.3, 0.4) is 0 Å². The van der Waals surface area contributed by atoms with Crippen LogP contribution in [0.2, 0.25) is 0 Å². The van der Waals surface area contributed by atoms with Gasteiger partial charge in [-0.3, -0.25) is 0 Å². The van der Waals surface area contributed by atoms with Gasteiger partial charge in [-0.1, -0.05) is 6.58 Å². The van der Waals surface area contributed by atoms with Crippen LogP contribution < -0.4 is 4.90 Å². The predicted molar refractivity (Wildman–Crippen MR) is 59.3 cm³/mol. The van der Waals surface area contributed by atoms with Crippen molar-refractivity contribution in [1.29, 1.82) is 0 Å². The van der Waals surface area contributed by atoms with Crippen molar-refractivity contribution in [2.75, 3.05) is 4.90 Å². The quantitative estimate of drug-likeness (QED) is 0.735. The third-order valence-electron chi connectivity index (χ3n) is 2.31. The summed E-state index contributed by atoms with van der Waals surface area (Å²) in [5.41, 5.74) is 2.13. The lowest BCUT2D eigenvalue weighted by atomic mass is 10.2. The molecule has 0 spiro atoms. The molecule has 0 aliphatic heterocycles. The van der Waals surface area contributed by atoms with Gasteiger partial charge in [-0.2, -0.15) is 0 Å². The van der Waals surface area contributed by atoms with E-state index in [1.165, 1.54) is 0 Å². The average molecular weight is 191 g/mol. The number of aromatic nitrogens is 2. The minimum absolute atomic E-state index is 0.362. The molecule has 0 aliphatic carbocycles. The second-order valence-corrected chi connectivity index (χ2v) is 3.59. The van der Waals surface area contributed by atoms with Gasteiger partial charge in [-0.25, -0.2) is 9.97 Å². The fourth-order valence-corrected chi connectivity index (χ4v) is 1.33. The van der Waals surface area contributed by atoms with E-state index >= 15 is 0 Å². The van der Waals surface area contributed by atoms with Crippen LogP contribution in [-0.4, -0.2) is 16.0 Å². The van der Waals surface area contributed by atoms with Gasteiger partial charge in [0.15, 0.2) is 0 Å². The lowest BCUT2D eigenvalue weighted by Gasteiger charge is -2.25. The summed E-state index contributed by atoms with van der Waals surface area (Å²) in [7, 11) is 0. The Labute approximate surface area is 85.5 Å². The fourth-order valence-electron chi connectivity index (χ4n) is 1.33. The monoisotopic (exact) mass is 191 g/mol. The van der Waals surface area contributed by atoms with Crippen molar-refractivity contribution in [2.24, 2.45) is 0 Å². The lowest BCUT2D eigenvalue weighted by Crippen LogP contribution is -2.26. The highest BCUT2D eigenvalue weighted by molar-refractivity contribution is 5.50. The first-order valence-electron chi connectivity index (χ1n) is 4.77. The van der Waals surface area contributed by atoms with Gasteiger partial charge in [0.05, 0.1) is 0 Å². The van der Waals surface area contributed by atoms with Crippen LogP contribution >= 0.6 is 0 Å². The Morgan fingerprint density at radius 1 is 1.36 bits per heavy atom. The highest BCUT2D eigenvalue weighted by Gasteiger charge is 2.12. The molecule has 0 atom stereocenters. The number of anilines is 1. The molecule has 0 aliphatic rings. The maximum Gasteiger partial charge on any atom is 0.139 e. The molecule has 0 unspecified atom stereocenters. The topological polar surface area (TPSA) is 29.0 Å². The zero-order valence-electron chi connectivity index (χ0n) is 9.28. The fraction of sp³-hybridized carbons (Fsp3) is 0.455. The normalized spacial score (nSPS) is 10.4. The van der Waals surface area contributed by atoms with Crippen LogP contribution in [0.4, 0.5) is 5.82 Å². The summed E-state index contributed by atoms with van der Waals surface area (Å²) in [6.07, 6.45) is 3.40. The van der Waals surface area contributed by atoms with Crippen molar-refractivity contribution in [3.05, 3.63) is 30.4 Å². The molecular formula is C11H17N3. The Bertz CT molecular complexity index is 331. The SMILES string of the molecule is C=CN(c1ncnc(C)c1C)C(C)C. The van der Waals surface area contributed by atoms with Gasteiger partial charge in [0, 0.05) is 17.3 Å². The third-order valence-corrected chi connectivity index (χ3v) is 2.31. The van der Waals surface area contributed by atoms with E-state index in [-0.39, 0.29) is 0 Å². The van der Waals surface area contributed by atoms with Gasteiger partial charge in [0.2, 0.25) is 0 Å². The van der Waals surface area contributed by atoms with Crippen LogP contribution in [0.1, 0.15) is 25.1 Å². The minimum atomic E-state index is 0.362. The summed E-state index contributed by atoms with van der Waals surface area (Å²) in [6, 6.07) is 0.362. The summed E-state index contributed by atoms with van der Waals surface area (Å²) in [4.78, 5) is 10.5. The van der Waals surface area contributed by atoms with Crippen molar-refractivity contribution in [2.45, 2.75) is 33.7 Å². The zero-order valence-corrected chi connectivity index (χ0v) is 9.28. The maximum atomic E-state index is 4.28. The molecule has 0 amide bonds. The molecule has 1 heterocycles. The first kappa shape index (κ1) is 10.7. The van der Waals surface area contributed by atoms with E-state index in [9.17, 15) is 0 Å². The molecule has 0 aromatic carbocycles. The molecular weight excluding hydrogens is 174 g/mol. The Morgan fingerprint density at radius 2 is 2.00 bits per heavy atom. The molecule has 14 heavy (non-hydrogen) atoms. The van der Waals surface area contributed by atoms with Crippen molar-refractivity contribution in [1.82, 2.24) is 9.97 Å². The smallest absolute Gasteiger partial charge is 0.139 e. The zero-order chi connectivity index (χ0) is 10.7. The minimum Gasteiger partial charge on any atom is -0.331 e. The number of rotatable bonds is 3. The molecule has 0 saturated carbocycles. The average Bonchev–Trinajstić information content (AvgIpc) is 2.13. The Balaban J connectivity index is 3.16. The van der Waals surface area contributed by atoms with Gasteiger partial charge in [-0.15, -0.1) is 0 Å². The van der Waals surface area contributed by atoms with Crippen molar-refractivity contribution in [3.63, 3.8) is 0 Å². The van der Waals surface area contributed by atoms with Crippen LogP contribution in [0.15, 0.2) is 19.1 Å². The molecule has 3 nitrogen and oxygen atoms in total. The van der Waals surface area contributed by atoms with Crippen LogP contribution in [-0.2, 0) is 0 Å². The Hall–Kier alpha value is -1.38. The largest absolute Gasteiger partial charge is 0.331 e.